The third-order valence-corrected chi connectivity index (χ3v) is 4.96. The lowest BCUT2D eigenvalue weighted by Gasteiger charge is -2.35. The van der Waals surface area contributed by atoms with Crippen LogP contribution in [-0.4, -0.2) is 60.2 Å². The molecule has 0 bridgehead atoms. The van der Waals surface area contributed by atoms with E-state index in [4.69, 9.17) is 4.42 Å². The van der Waals surface area contributed by atoms with Gasteiger partial charge in [-0.05, 0) is 42.5 Å². The van der Waals surface area contributed by atoms with Gasteiger partial charge in [0.05, 0.1) is 11.8 Å². The van der Waals surface area contributed by atoms with Crippen LogP contribution < -0.4 is 5.32 Å². The molecule has 1 N–H and O–H groups in total. The van der Waals surface area contributed by atoms with E-state index in [0.717, 1.165) is 24.3 Å². The molecule has 1 aromatic heterocycles. The van der Waals surface area contributed by atoms with Gasteiger partial charge in [-0.15, -0.1) is 0 Å². The van der Waals surface area contributed by atoms with Gasteiger partial charge in [-0.1, -0.05) is 0 Å². The number of rotatable bonds is 6. The van der Waals surface area contributed by atoms with E-state index in [-0.39, 0.29) is 49.3 Å². The van der Waals surface area contributed by atoms with E-state index in [0.29, 0.717) is 18.8 Å². The highest BCUT2D eigenvalue weighted by Crippen LogP contribution is 2.29. The molecule has 0 radical (unpaired) electrons. The van der Waals surface area contributed by atoms with Gasteiger partial charge < -0.3 is 19.5 Å². The Morgan fingerprint density at radius 3 is 2.25 bits per heavy atom. The summed E-state index contributed by atoms with van der Waals surface area (Å²) in [5, 5.41) is 2.62. The largest absolute Gasteiger partial charge is 0.465 e. The minimum atomic E-state index is -4.46. The van der Waals surface area contributed by atoms with Gasteiger partial charge in [0, 0.05) is 50.8 Å². The number of furan rings is 1. The van der Waals surface area contributed by atoms with Gasteiger partial charge in [0.2, 0.25) is 11.8 Å². The van der Waals surface area contributed by atoms with Crippen LogP contribution in [0.1, 0.15) is 28.1 Å². The summed E-state index contributed by atoms with van der Waals surface area (Å²) >= 11 is 0. The van der Waals surface area contributed by atoms with Gasteiger partial charge >= 0.3 is 6.18 Å². The van der Waals surface area contributed by atoms with Crippen molar-refractivity contribution in [3.05, 3.63) is 65.6 Å². The van der Waals surface area contributed by atoms with Crippen LogP contribution in [0, 0.1) is 0 Å². The molecule has 0 unspecified atom stereocenters. The third-order valence-electron chi connectivity index (χ3n) is 4.96. The van der Waals surface area contributed by atoms with Crippen LogP contribution in [0.4, 0.5) is 13.2 Å². The molecule has 0 aliphatic carbocycles. The van der Waals surface area contributed by atoms with Crippen LogP contribution in [-0.2, 0) is 15.8 Å². The fourth-order valence-corrected chi connectivity index (χ4v) is 3.20. The Bertz CT molecular complexity index is 961. The highest BCUT2D eigenvalue weighted by molar-refractivity contribution is 5.94. The molecular weight excluding hydrogens is 427 g/mol. The average Bonchev–Trinajstić information content (AvgIpc) is 3.30. The van der Waals surface area contributed by atoms with Crippen molar-refractivity contribution in [2.45, 2.75) is 12.6 Å². The zero-order valence-electron chi connectivity index (χ0n) is 17.1. The molecule has 2 heterocycles. The first-order chi connectivity index (χ1) is 15.2. The molecular formula is C22H22F3N3O4. The summed E-state index contributed by atoms with van der Waals surface area (Å²) in [7, 11) is 0. The van der Waals surface area contributed by atoms with E-state index in [1.807, 2.05) is 0 Å². The summed E-state index contributed by atoms with van der Waals surface area (Å²) in [5.41, 5.74) is -0.642. The number of hydrogen-bond acceptors (Lipinski definition) is 4. The van der Waals surface area contributed by atoms with Gasteiger partial charge in [-0.3, -0.25) is 14.4 Å². The van der Waals surface area contributed by atoms with Crippen LogP contribution in [0.25, 0.3) is 6.08 Å². The minimum Gasteiger partial charge on any atom is -0.465 e. The van der Waals surface area contributed by atoms with Crippen LogP contribution in [0.15, 0.2) is 53.2 Å². The monoisotopic (exact) mass is 449 g/mol. The summed E-state index contributed by atoms with van der Waals surface area (Å²) in [4.78, 5) is 39.7. The van der Waals surface area contributed by atoms with E-state index < -0.39 is 11.7 Å². The van der Waals surface area contributed by atoms with Gasteiger partial charge in [0.25, 0.3) is 5.91 Å². The third kappa shape index (κ3) is 6.22. The molecule has 10 heteroatoms. The van der Waals surface area contributed by atoms with E-state index in [9.17, 15) is 27.6 Å². The number of alkyl halides is 3. The lowest BCUT2D eigenvalue weighted by atomic mass is 10.1. The molecule has 170 valence electrons. The standard InChI is InChI=1S/C22H22F3N3O4/c23-22(24,25)17-5-3-16(4-6-17)21(31)28-13-11-27(12-14-28)20(30)9-10-26-19(29)8-7-18-2-1-15-32-18/h1-8,15H,9-14H2,(H,26,29)/b8-7+. The Hall–Kier alpha value is -3.56. The summed E-state index contributed by atoms with van der Waals surface area (Å²) in [6.45, 7) is 1.37. The quantitative estimate of drug-likeness (QED) is 0.688. The number of halogens is 3. The molecule has 0 spiro atoms. The predicted molar refractivity (Wildman–Crippen MR) is 109 cm³/mol. The molecule has 1 aliphatic heterocycles. The second-order valence-corrected chi connectivity index (χ2v) is 7.14. The van der Waals surface area contributed by atoms with Crippen molar-refractivity contribution in [3.63, 3.8) is 0 Å². The zero-order chi connectivity index (χ0) is 23.1. The molecule has 32 heavy (non-hydrogen) atoms. The topological polar surface area (TPSA) is 82.9 Å². The molecule has 3 amide bonds. The number of hydrogen-bond donors (Lipinski definition) is 1. The van der Waals surface area contributed by atoms with Crippen molar-refractivity contribution >= 4 is 23.8 Å². The van der Waals surface area contributed by atoms with E-state index in [2.05, 4.69) is 5.32 Å². The molecule has 3 rings (SSSR count). The van der Waals surface area contributed by atoms with Crippen LogP contribution in [0.5, 0.6) is 0 Å². The Labute approximate surface area is 182 Å². The maximum absolute atomic E-state index is 12.7. The molecule has 1 aromatic carbocycles. The second-order valence-electron chi connectivity index (χ2n) is 7.14. The summed E-state index contributed by atoms with van der Waals surface area (Å²) < 4.78 is 43.1. The lowest BCUT2D eigenvalue weighted by Crippen LogP contribution is -2.51. The number of piperazine rings is 1. The van der Waals surface area contributed by atoms with Crippen molar-refractivity contribution < 1.29 is 32.0 Å². The molecule has 0 atom stereocenters. The smallest absolute Gasteiger partial charge is 0.416 e. The molecule has 0 saturated carbocycles. The van der Waals surface area contributed by atoms with Crippen molar-refractivity contribution in [3.8, 4) is 0 Å². The van der Waals surface area contributed by atoms with Gasteiger partial charge in [-0.25, -0.2) is 0 Å². The van der Waals surface area contributed by atoms with Crippen LogP contribution in [0.2, 0.25) is 0 Å². The van der Waals surface area contributed by atoms with Crippen LogP contribution >= 0.6 is 0 Å². The van der Waals surface area contributed by atoms with E-state index >= 15 is 0 Å². The van der Waals surface area contributed by atoms with Gasteiger partial charge in [0.15, 0.2) is 0 Å². The zero-order valence-corrected chi connectivity index (χ0v) is 17.1. The van der Waals surface area contributed by atoms with Crippen molar-refractivity contribution in [1.82, 2.24) is 15.1 Å². The summed E-state index contributed by atoms with van der Waals surface area (Å²) in [6, 6.07) is 7.48. The number of nitrogens with zero attached hydrogens (tertiary/aromatic N) is 2. The van der Waals surface area contributed by atoms with Crippen molar-refractivity contribution in [2.75, 3.05) is 32.7 Å². The normalized spacial score (nSPS) is 14.6. The first-order valence-electron chi connectivity index (χ1n) is 9.98. The number of amides is 3. The number of carbonyl (C=O) groups excluding carboxylic acids is 3. The Morgan fingerprint density at radius 2 is 1.66 bits per heavy atom. The van der Waals surface area contributed by atoms with E-state index in [1.54, 1.807) is 17.0 Å². The second kappa shape index (κ2) is 10.2. The van der Waals surface area contributed by atoms with Gasteiger partial charge in [-0.2, -0.15) is 13.2 Å². The van der Waals surface area contributed by atoms with Gasteiger partial charge in [0.1, 0.15) is 5.76 Å². The number of benzene rings is 1. The van der Waals surface area contributed by atoms with Crippen molar-refractivity contribution in [1.29, 1.82) is 0 Å². The first-order valence-corrected chi connectivity index (χ1v) is 9.98. The molecule has 1 fully saturated rings. The average molecular weight is 449 g/mol. The molecule has 1 saturated heterocycles. The number of nitrogens with one attached hydrogen (secondary N) is 1. The SMILES string of the molecule is O=C(/C=C/c1ccco1)NCCC(=O)N1CCN(C(=O)c2ccc(C(F)(F)F)cc2)CC1. The van der Waals surface area contributed by atoms with Crippen LogP contribution in [0.3, 0.4) is 0 Å². The first kappa shape index (κ1) is 23.1. The highest BCUT2D eigenvalue weighted by Gasteiger charge is 2.31. The Kier molecular flexibility index (Phi) is 7.34. The van der Waals surface area contributed by atoms with Crippen molar-refractivity contribution in [2.24, 2.45) is 0 Å². The molecule has 1 aliphatic rings. The Balaban J connectivity index is 1.40. The molecule has 7 nitrogen and oxygen atoms in total. The predicted octanol–water partition coefficient (Wildman–Crippen LogP) is 2.80. The Morgan fingerprint density at radius 1 is 1.00 bits per heavy atom. The fourth-order valence-electron chi connectivity index (χ4n) is 3.20. The summed E-state index contributed by atoms with van der Waals surface area (Å²) in [5.74, 6) is -0.329. The molecule has 2 aromatic rings. The maximum atomic E-state index is 12.7. The fraction of sp³-hybridized carbons (Fsp3) is 0.318. The number of carbonyl (C=O) groups is 3. The lowest BCUT2D eigenvalue weighted by molar-refractivity contribution is -0.137. The summed E-state index contributed by atoms with van der Waals surface area (Å²) in [6.07, 6.45) is -0.0119. The van der Waals surface area contributed by atoms with E-state index in [1.165, 1.54) is 23.3 Å². The minimum absolute atomic E-state index is 0.118. The maximum Gasteiger partial charge on any atom is 0.416 e. The highest BCUT2D eigenvalue weighted by atomic mass is 19.4.